The third kappa shape index (κ3) is 9.04. The van der Waals surface area contributed by atoms with Crippen LogP contribution in [-0.4, -0.2) is 65.5 Å². The first-order valence-electron chi connectivity index (χ1n) is 7.03. The van der Waals surface area contributed by atoms with Gasteiger partial charge in [0.2, 0.25) is 17.7 Å². The van der Waals surface area contributed by atoms with Crippen molar-refractivity contribution < 1.29 is 24.3 Å². The van der Waals surface area contributed by atoms with E-state index in [0.717, 1.165) is 0 Å². The van der Waals surface area contributed by atoms with Crippen LogP contribution < -0.4 is 21.7 Å². The van der Waals surface area contributed by atoms with E-state index in [9.17, 15) is 19.2 Å². The predicted molar refractivity (Wildman–Crippen MR) is 86.8 cm³/mol. The van der Waals surface area contributed by atoms with Crippen LogP contribution in [0, 0.1) is 0 Å². The smallest absolute Gasteiger partial charge is 0.326 e. The Hall–Kier alpha value is -1.81. The molecular weight excluding hydrogens is 324 g/mol. The van der Waals surface area contributed by atoms with Crippen molar-refractivity contribution in [3.63, 3.8) is 0 Å². The SMILES string of the molecule is CSCCC(NC(=O)C(C)NC(=O)CNC(=O)C(C)N)C(=O)O. The molecule has 10 heteroatoms. The summed E-state index contributed by atoms with van der Waals surface area (Å²) in [5, 5.41) is 16.1. The minimum absolute atomic E-state index is 0.285. The van der Waals surface area contributed by atoms with Gasteiger partial charge in [-0.05, 0) is 32.3 Å². The van der Waals surface area contributed by atoms with Gasteiger partial charge in [0, 0.05) is 0 Å². The molecule has 0 radical (unpaired) electrons. The molecule has 3 amide bonds. The molecule has 0 bridgehead atoms. The van der Waals surface area contributed by atoms with Crippen molar-refractivity contribution in [3.05, 3.63) is 0 Å². The third-order valence-corrected chi connectivity index (χ3v) is 3.48. The summed E-state index contributed by atoms with van der Waals surface area (Å²) in [5.74, 6) is -2.21. The van der Waals surface area contributed by atoms with E-state index in [0.29, 0.717) is 5.75 Å². The lowest BCUT2D eigenvalue weighted by molar-refractivity contribution is -0.142. The van der Waals surface area contributed by atoms with E-state index in [1.165, 1.54) is 25.6 Å². The fourth-order valence-corrected chi connectivity index (χ4v) is 1.95. The van der Waals surface area contributed by atoms with Gasteiger partial charge >= 0.3 is 5.97 Å². The molecule has 0 aliphatic rings. The average molecular weight is 348 g/mol. The van der Waals surface area contributed by atoms with E-state index in [1.807, 2.05) is 6.26 Å². The Morgan fingerprint density at radius 3 is 2.22 bits per heavy atom. The first-order chi connectivity index (χ1) is 10.7. The zero-order chi connectivity index (χ0) is 18.0. The molecule has 0 spiro atoms. The highest BCUT2D eigenvalue weighted by molar-refractivity contribution is 7.98. The normalized spacial score (nSPS) is 14.3. The minimum atomic E-state index is -1.13. The summed E-state index contributed by atoms with van der Waals surface area (Å²) < 4.78 is 0. The largest absolute Gasteiger partial charge is 0.480 e. The number of nitrogens with one attached hydrogen (secondary N) is 3. The fraction of sp³-hybridized carbons (Fsp3) is 0.692. The van der Waals surface area contributed by atoms with E-state index in [1.54, 1.807) is 0 Å². The highest BCUT2D eigenvalue weighted by atomic mass is 32.2. The standard InChI is InChI=1S/C13H24N4O5S/c1-7(14)11(19)15-6-10(18)16-8(2)12(20)17-9(13(21)22)4-5-23-3/h7-9H,4-6,14H2,1-3H3,(H,15,19)(H,16,18)(H,17,20)(H,21,22). The molecule has 0 heterocycles. The van der Waals surface area contributed by atoms with Gasteiger partial charge in [0.15, 0.2) is 0 Å². The predicted octanol–water partition coefficient (Wildman–Crippen LogP) is -1.72. The maximum atomic E-state index is 11.9. The second-order valence-electron chi connectivity index (χ2n) is 4.98. The van der Waals surface area contributed by atoms with Gasteiger partial charge in [0.1, 0.15) is 12.1 Å². The summed E-state index contributed by atoms with van der Waals surface area (Å²) in [6, 6.07) is -2.67. The monoisotopic (exact) mass is 348 g/mol. The second-order valence-corrected chi connectivity index (χ2v) is 5.96. The molecule has 0 aliphatic heterocycles. The number of carbonyl (C=O) groups is 4. The van der Waals surface area contributed by atoms with Crippen LogP contribution in [0.2, 0.25) is 0 Å². The summed E-state index contributed by atoms with van der Waals surface area (Å²) in [6.45, 7) is 2.59. The van der Waals surface area contributed by atoms with E-state index in [-0.39, 0.29) is 13.0 Å². The van der Waals surface area contributed by atoms with Gasteiger partial charge in [-0.15, -0.1) is 0 Å². The average Bonchev–Trinajstić information content (AvgIpc) is 2.47. The van der Waals surface area contributed by atoms with Crippen LogP contribution in [0.25, 0.3) is 0 Å². The number of aliphatic carboxylic acids is 1. The maximum absolute atomic E-state index is 11.9. The number of hydrogen-bond acceptors (Lipinski definition) is 6. The highest BCUT2D eigenvalue weighted by Gasteiger charge is 2.23. The molecule has 0 rings (SSSR count). The lowest BCUT2D eigenvalue weighted by Crippen LogP contribution is -2.52. The molecule has 0 aromatic carbocycles. The van der Waals surface area contributed by atoms with Crippen molar-refractivity contribution in [1.82, 2.24) is 16.0 Å². The van der Waals surface area contributed by atoms with E-state index in [4.69, 9.17) is 10.8 Å². The number of amides is 3. The number of carboxylic acid groups (broad SMARTS) is 1. The van der Waals surface area contributed by atoms with Crippen molar-refractivity contribution in [2.45, 2.75) is 38.4 Å². The van der Waals surface area contributed by atoms with Gasteiger partial charge in [-0.1, -0.05) is 0 Å². The molecule has 3 unspecified atom stereocenters. The Balaban J connectivity index is 4.34. The van der Waals surface area contributed by atoms with Crippen LogP contribution in [0.1, 0.15) is 20.3 Å². The maximum Gasteiger partial charge on any atom is 0.326 e. The molecular formula is C13H24N4O5S. The summed E-state index contributed by atoms with van der Waals surface area (Å²) >= 11 is 1.47. The van der Waals surface area contributed by atoms with E-state index < -0.39 is 41.8 Å². The van der Waals surface area contributed by atoms with Crippen LogP contribution in [0.15, 0.2) is 0 Å². The van der Waals surface area contributed by atoms with Crippen LogP contribution in [-0.2, 0) is 19.2 Å². The molecule has 0 saturated heterocycles. The Morgan fingerprint density at radius 2 is 1.74 bits per heavy atom. The third-order valence-electron chi connectivity index (χ3n) is 2.83. The molecule has 9 nitrogen and oxygen atoms in total. The summed E-state index contributed by atoms with van der Waals surface area (Å²) in [5.41, 5.74) is 5.33. The summed E-state index contributed by atoms with van der Waals surface area (Å²) in [7, 11) is 0. The number of nitrogens with two attached hydrogens (primary N) is 1. The Bertz CT molecular complexity index is 444. The number of carbonyl (C=O) groups excluding carboxylic acids is 3. The molecule has 6 N–H and O–H groups in total. The van der Waals surface area contributed by atoms with Gasteiger partial charge in [-0.3, -0.25) is 14.4 Å². The molecule has 0 aromatic rings. The Labute approximate surface area is 139 Å². The zero-order valence-electron chi connectivity index (χ0n) is 13.4. The number of carboxylic acids is 1. The van der Waals surface area contributed by atoms with Crippen molar-refractivity contribution in [2.24, 2.45) is 5.73 Å². The topological polar surface area (TPSA) is 151 Å². The van der Waals surface area contributed by atoms with Crippen LogP contribution in [0.5, 0.6) is 0 Å². The zero-order valence-corrected chi connectivity index (χ0v) is 14.2. The summed E-state index contributed by atoms with van der Waals surface area (Å²) in [6.07, 6.45) is 2.12. The van der Waals surface area contributed by atoms with Crippen molar-refractivity contribution in [1.29, 1.82) is 0 Å². The van der Waals surface area contributed by atoms with E-state index >= 15 is 0 Å². The first kappa shape index (κ1) is 21.2. The molecule has 0 aromatic heterocycles. The van der Waals surface area contributed by atoms with Gasteiger partial charge in [0.25, 0.3) is 0 Å². The quantitative estimate of drug-likeness (QED) is 0.315. The van der Waals surface area contributed by atoms with E-state index in [2.05, 4.69) is 16.0 Å². The fourth-order valence-electron chi connectivity index (χ4n) is 1.48. The second kappa shape index (κ2) is 10.8. The Kier molecular flexibility index (Phi) is 9.99. The van der Waals surface area contributed by atoms with Crippen LogP contribution in [0.3, 0.4) is 0 Å². The van der Waals surface area contributed by atoms with Gasteiger partial charge in [-0.2, -0.15) is 11.8 Å². The van der Waals surface area contributed by atoms with Crippen LogP contribution in [0.4, 0.5) is 0 Å². The Morgan fingerprint density at radius 1 is 1.13 bits per heavy atom. The summed E-state index contributed by atoms with van der Waals surface area (Å²) in [4.78, 5) is 45.8. The first-order valence-corrected chi connectivity index (χ1v) is 8.43. The molecule has 3 atom stereocenters. The minimum Gasteiger partial charge on any atom is -0.480 e. The number of thioether (sulfide) groups is 1. The van der Waals surface area contributed by atoms with Crippen molar-refractivity contribution in [2.75, 3.05) is 18.6 Å². The molecule has 132 valence electrons. The van der Waals surface area contributed by atoms with Gasteiger partial charge in [-0.25, -0.2) is 4.79 Å². The molecule has 0 fully saturated rings. The lowest BCUT2D eigenvalue weighted by Gasteiger charge is -2.18. The van der Waals surface area contributed by atoms with Crippen molar-refractivity contribution >= 4 is 35.5 Å². The van der Waals surface area contributed by atoms with Gasteiger partial charge in [0.05, 0.1) is 12.6 Å². The molecule has 23 heavy (non-hydrogen) atoms. The number of rotatable bonds is 10. The molecule has 0 saturated carbocycles. The van der Waals surface area contributed by atoms with Crippen LogP contribution >= 0.6 is 11.8 Å². The number of hydrogen-bond donors (Lipinski definition) is 5. The van der Waals surface area contributed by atoms with Crippen molar-refractivity contribution in [3.8, 4) is 0 Å². The highest BCUT2D eigenvalue weighted by Crippen LogP contribution is 2.01. The lowest BCUT2D eigenvalue weighted by atomic mass is 10.2. The van der Waals surface area contributed by atoms with Gasteiger partial charge < -0.3 is 26.8 Å². The molecule has 0 aliphatic carbocycles.